The highest BCUT2D eigenvalue weighted by molar-refractivity contribution is 7.99. The molecule has 0 saturated carbocycles. The van der Waals surface area contributed by atoms with Gasteiger partial charge in [0.05, 0.1) is 5.75 Å². The number of halogens is 2. The number of likely N-dealkylation sites (N-methyl/N-ethyl adjacent to an activating group) is 1. The third-order valence-corrected chi connectivity index (χ3v) is 6.33. The molecule has 3 aromatic rings. The molecule has 1 N–H and O–H groups in total. The van der Waals surface area contributed by atoms with E-state index in [0.29, 0.717) is 29.8 Å². The molecule has 4 nitrogen and oxygen atoms in total. The molecule has 3 aromatic carbocycles. The Morgan fingerprint density at radius 2 is 1.47 bits per heavy atom. The van der Waals surface area contributed by atoms with Crippen LogP contribution in [0.25, 0.3) is 0 Å². The molecule has 0 saturated heterocycles. The standard InChI is InChI=1S/C27H28F2N2O2S/c1-2-30-27(33)25(16-20-10-4-3-5-11-20)31(17-21-12-6-8-14-23(21)28)26(32)19-34-18-22-13-7-9-15-24(22)29/h3-15,25H,2,16-19H2,1H3,(H,30,33)/t25-/m1/s1. The molecule has 0 aromatic heterocycles. The monoisotopic (exact) mass is 482 g/mol. The van der Waals surface area contributed by atoms with Crippen LogP contribution in [0.2, 0.25) is 0 Å². The molecule has 0 bridgehead atoms. The minimum Gasteiger partial charge on any atom is -0.355 e. The minimum atomic E-state index is -0.816. The van der Waals surface area contributed by atoms with E-state index >= 15 is 0 Å². The second-order valence-electron chi connectivity index (χ2n) is 7.80. The van der Waals surface area contributed by atoms with Crippen molar-refractivity contribution in [2.75, 3.05) is 12.3 Å². The van der Waals surface area contributed by atoms with Gasteiger partial charge in [0, 0.05) is 30.8 Å². The van der Waals surface area contributed by atoms with Crippen molar-refractivity contribution in [2.45, 2.75) is 31.7 Å². The zero-order chi connectivity index (χ0) is 24.3. The Morgan fingerprint density at radius 3 is 2.09 bits per heavy atom. The first-order chi connectivity index (χ1) is 16.5. The summed E-state index contributed by atoms with van der Waals surface area (Å²) in [4.78, 5) is 27.9. The number of amides is 2. The molecule has 178 valence electrons. The molecule has 0 fully saturated rings. The number of benzene rings is 3. The van der Waals surface area contributed by atoms with E-state index in [2.05, 4.69) is 5.32 Å². The first kappa shape index (κ1) is 25.4. The van der Waals surface area contributed by atoms with E-state index in [9.17, 15) is 18.4 Å². The molecule has 1 atom stereocenters. The fourth-order valence-electron chi connectivity index (χ4n) is 3.60. The number of hydrogen-bond donors (Lipinski definition) is 1. The number of carbonyl (C=O) groups is 2. The largest absolute Gasteiger partial charge is 0.355 e. The van der Waals surface area contributed by atoms with Gasteiger partial charge in [0.1, 0.15) is 17.7 Å². The summed E-state index contributed by atoms with van der Waals surface area (Å²) in [6, 6.07) is 21.3. The Kier molecular flexibility index (Phi) is 9.64. The number of carbonyl (C=O) groups excluding carboxylic acids is 2. The highest BCUT2D eigenvalue weighted by Crippen LogP contribution is 2.20. The van der Waals surface area contributed by atoms with E-state index < -0.39 is 11.9 Å². The van der Waals surface area contributed by atoms with Gasteiger partial charge < -0.3 is 10.2 Å². The highest BCUT2D eigenvalue weighted by Gasteiger charge is 2.30. The van der Waals surface area contributed by atoms with E-state index in [0.717, 1.165) is 5.56 Å². The zero-order valence-electron chi connectivity index (χ0n) is 19.0. The van der Waals surface area contributed by atoms with Crippen LogP contribution in [0, 0.1) is 11.6 Å². The van der Waals surface area contributed by atoms with Crippen LogP contribution in [-0.2, 0) is 28.3 Å². The third-order valence-electron chi connectivity index (χ3n) is 5.36. The molecule has 0 radical (unpaired) electrons. The van der Waals surface area contributed by atoms with Gasteiger partial charge in [-0.05, 0) is 30.2 Å². The summed E-state index contributed by atoms with van der Waals surface area (Å²) in [5.74, 6) is -1.01. The predicted molar refractivity (Wildman–Crippen MR) is 132 cm³/mol. The first-order valence-electron chi connectivity index (χ1n) is 11.1. The summed E-state index contributed by atoms with van der Waals surface area (Å²) < 4.78 is 28.4. The molecular weight excluding hydrogens is 454 g/mol. The average Bonchev–Trinajstić information content (AvgIpc) is 2.84. The summed E-state index contributed by atoms with van der Waals surface area (Å²) in [7, 11) is 0. The number of nitrogens with one attached hydrogen (secondary N) is 1. The van der Waals surface area contributed by atoms with E-state index in [1.54, 1.807) is 36.4 Å². The summed E-state index contributed by atoms with van der Waals surface area (Å²) in [5.41, 5.74) is 1.73. The lowest BCUT2D eigenvalue weighted by Gasteiger charge is -2.31. The highest BCUT2D eigenvalue weighted by atomic mass is 32.2. The summed E-state index contributed by atoms with van der Waals surface area (Å²) in [6.07, 6.45) is 0.296. The lowest BCUT2D eigenvalue weighted by Crippen LogP contribution is -2.51. The van der Waals surface area contributed by atoms with Gasteiger partial charge in [0.2, 0.25) is 11.8 Å². The maximum Gasteiger partial charge on any atom is 0.243 e. The van der Waals surface area contributed by atoms with Crippen LogP contribution in [0.5, 0.6) is 0 Å². The molecule has 0 aliphatic heterocycles. The summed E-state index contributed by atoms with van der Waals surface area (Å²) in [6.45, 7) is 2.18. The molecule has 0 aliphatic carbocycles. The summed E-state index contributed by atoms with van der Waals surface area (Å²) >= 11 is 1.26. The fourth-order valence-corrected chi connectivity index (χ4v) is 4.50. The second-order valence-corrected chi connectivity index (χ2v) is 8.78. The van der Waals surface area contributed by atoms with Crippen LogP contribution >= 0.6 is 11.8 Å². The summed E-state index contributed by atoms with van der Waals surface area (Å²) in [5, 5.41) is 2.81. The topological polar surface area (TPSA) is 49.4 Å². The molecule has 0 unspecified atom stereocenters. The van der Waals surface area contributed by atoms with Crippen molar-refractivity contribution in [1.29, 1.82) is 0 Å². The van der Waals surface area contributed by atoms with Crippen molar-refractivity contribution in [2.24, 2.45) is 0 Å². The minimum absolute atomic E-state index is 0.0352. The quantitative estimate of drug-likeness (QED) is 0.420. The molecule has 7 heteroatoms. The van der Waals surface area contributed by atoms with E-state index in [1.807, 2.05) is 37.3 Å². The van der Waals surface area contributed by atoms with Crippen molar-refractivity contribution in [3.8, 4) is 0 Å². The van der Waals surface area contributed by atoms with Crippen molar-refractivity contribution in [3.05, 3.63) is 107 Å². The van der Waals surface area contributed by atoms with Gasteiger partial charge in [-0.1, -0.05) is 66.7 Å². The van der Waals surface area contributed by atoms with Crippen LogP contribution in [0.15, 0.2) is 78.9 Å². The van der Waals surface area contributed by atoms with Crippen LogP contribution < -0.4 is 5.32 Å². The number of thioether (sulfide) groups is 1. The van der Waals surface area contributed by atoms with Crippen LogP contribution in [0.3, 0.4) is 0 Å². The van der Waals surface area contributed by atoms with Gasteiger partial charge >= 0.3 is 0 Å². The first-order valence-corrected chi connectivity index (χ1v) is 12.3. The van der Waals surface area contributed by atoms with Crippen LogP contribution in [-0.4, -0.2) is 35.1 Å². The Labute approximate surface area is 203 Å². The molecule has 3 rings (SSSR count). The van der Waals surface area contributed by atoms with Gasteiger partial charge in [0.25, 0.3) is 0 Å². The number of hydrogen-bond acceptors (Lipinski definition) is 3. The van der Waals surface area contributed by atoms with Gasteiger partial charge in [-0.3, -0.25) is 9.59 Å². The van der Waals surface area contributed by atoms with Crippen LogP contribution in [0.4, 0.5) is 8.78 Å². The van der Waals surface area contributed by atoms with E-state index in [-0.39, 0.29) is 29.9 Å². The second kappa shape index (κ2) is 12.9. The normalized spacial score (nSPS) is 11.6. The predicted octanol–water partition coefficient (Wildman–Crippen LogP) is 4.97. The third kappa shape index (κ3) is 7.15. The van der Waals surface area contributed by atoms with Crippen LogP contribution in [0.1, 0.15) is 23.6 Å². The van der Waals surface area contributed by atoms with Crippen molar-refractivity contribution >= 4 is 23.6 Å². The smallest absolute Gasteiger partial charge is 0.243 e. The maximum absolute atomic E-state index is 14.5. The fraction of sp³-hybridized carbons (Fsp3) is 0.259. The van der Waals surface area contributed by atoms with Gasteiger partial charge in [-0.25, -0.2) is 8.78 Å². The Bertz CT molecular complexity index is 1090. The lowest BCUT2D eigenvalue weighted by molar-refractivity contribution is -0.139. The Hall–Kier alpha value is -3.19. The van der Waals surface area contributed by atoms with Gasteiger partial charge in [-0.2, -0.15) is 0 Å². The molecule has 2 amide bonds. The molecule has 0 spiro atoms. The van der Waals surface area contributed by atoms with Crippen molar-refractivity contribution < 1.29 is 18.4 Å². The lowest BCUT2D eigenvalue weighted by atomic mass is 10.0. The molecule has 0 aliphatic rings. The molecule has 0 heterocycles. The zero-order valence-corrected chi connectivity index (χ0v) is 19.9. The van der Waals surface area contributed by atoms with E-state index in [1.165, 1.54) is 28.8 Å². The van der Waals surface area contributed by atoms with Gasteiger partial charge in [-0.15, -0.1) is 11.8 Å². The van der Waals surface area contributed by atoms with Gasteiger partial charge in [0.15, 0.2) is 0 Å². The average molecular weight is 483 g/mol. The number of nitrogens with zero attached hydrogens (tertiary/aromatic N) is 1. The molecule has 34 heavy (non-hydrogen) atoms. The Balaban J connectivity index is 1.84. The number of rotatable bonds is 11. The SMILES string of the molecule is CCNC(=O)[C@@H](Cc1ccccc1)N(Cc1ccccc1F)C(=O)CSCc1ccccc1F. The van der Waals surface area contributed by atoms with E-state index in [4.69, 9.17) is 0 Å². The molecular formula is C27H28F2N2O2S. The maximum atomic E-state index is 14.5. The Morgan fingerprint density at radius 1 is 0.882 bits per heavy atom. The van der Waals surface area contributed by atoms with Crippen molar-refractivity contribution in [3.63, 3.8) is 0 Å². The van der Waals surface area contributed by atoms with Crippen molar-refractivity contribution in [1.82, 2.24) is 10.2 Å².